The summed E-state index contributed by atoms with van der Waals surface area (Å²) in [5.74, 6) is 0. The second kappa shape index (κ2) is 4.52. The van der Waals surface area contributed by atoms with Gasteiger partial charge in [0.1, 0.15) is 0 Å². The van der Waals surface area contributed by atoms with Crippen LogP contribution >= 0.6 is 0 Å². The molecule has 0 aliphatic carbocycles. The Bertz CT molecular complexity index is 481. The van der Waals surface area contributed by atoms with Crippen molar-refractivity contribution in [1.82, 2.24) is 0 Å². The molecule has 0 spiro atoms. The molecule has 0 unspecified atom stereocenters. The lowest BCUT2D eigenvalue weighted by atomic mass is 9.94. The van der Waals surface area contributed by atoms with Crippen LogP contribution in [0.1, 0.15) is 27.8 Å². The third-order valence-electron chi connectivity index (χ3n) is 3.32. The van der Waals surface area contributed by atoms with Crippen molar-refractivity contribution in [2.45, 2.75) is 27.2 Å². The van der Waals surface area contributed by atoms with Crippen molar-refractivity contribution in [1.29, 1.82) is 0 Å². The maximum absolute atomic E-state index is 3.28. The van der Waals surface area contributed by atoms with Gasteiger partial charge in [0.2, 0.25) is 0 Å². The van der Waals surface area contributed by atoms with E-state index >= 15 is 0 Å². The maximum atomic E-state index is 3.28. The highest BCUT2D eigenvalue weighted by atomic mass is 14.1. The molecule has 2 rings (SSSR count). The van der Waals surface area contributed by atoms with E-state index in [-0.39, 0.29) is 0 Å². The molecule has 0 heterocycles. The number of hydrogen-bond acceptors (Lipinski definition) is 0. The summed E-state index contributed by atoms with van der Waals surface area (Å²) in [6.07, 6.45) is 0.980. The van der Waals surface area contributed by atoms with Crippen molar-refractivity contribution in [2.24, 2.45) is 0 Å². The second-order valence-electron chi connectivity index (χ2n) is 4.36. The molecule has 2 aromatic carbocycles. The minimum atomic E-state index is 0.980. The van der Waals surface area contributed by atoms with Gasteiger partial charge in [-0.15, -0.1) is 0 Å². The first-order chi connectivity index (χ1) is 7.68. The van der Waals surface area contributed by atoms with Crippen LogP contribution in [0.4, 0.5) is 0 Å². The van der Waals surface area contributed by atoms with Crippen molar-refractivity contribution in [3.8, 4) is 0 Å². The van der Waals surface area contributed by atoms with Crippen LogP contribution in [0.2, 0.25) is 0 Å². The van der Waals surface area contributed by atoms with E-state index < -0.39 is 0 Å². The largest absolute Gasteiger partial charge is 0.0619 e. The minimum Gasteiger partial charge on any atom is -0.0619 e. The van der Waals surface area contributed by atoms with Gasteiger partial charge in [-0.1, -0.05) is 36.4 Å². The lowest BCUT2D eigenvalue weighted by molar-refractivity contribution is 1.12. The van der Waals surface area contributed by atoms with Gasteiger partial charge in [-0.3, -0.25) is 0 Å². The molecule has 0 aromatic heterocycles. The Labute approximate surface area is 97.9 Å². The van der Waals surface area contributed by atoms with E-state index in [9.17, 15) is 0 Å². The zero-order chi connectivity index (χ0) is 11.5. The van der Waals surface area contributed by atoms with E-state index in [4.69, 9.17) is 0 Å². The van der Waals surface area contributed by atoms with Gasteiger partial charge in [0, 0.05) is 0 Å². The molecule has 0 amide bonds. The van der Waals surface area contributed by atoms with E-state index in [1.807, 2.05) is 12.1 Å². The van der Waals surface area contributed by atoms with E-state index in [0.29, 0.717) is 0 Å². The third kappa shape index (κ3) is 2.16. The van der Waals surface area contributed by atoms with Gasteiger partial charge >= 0.3 is 0 Å². The monoisotopic (exact) mass is 209 g/mol. The first-order valence-corrected chi connectivity index (χ1v) is 5.70. The summed E-state index contributed by atoms with van der Waals surface area (Å²) in [5.41, 5.74) is 6.86. The van der Waals surface area contributed by atoms with Crippen molar-refractivity contribution in [3.63, 3.8) is 0 Å². The molecule has 2 aromatic rings. The number of hydrogen-bond donors (Lipinski definition) is 0. The first-order valence-electron chi connectivity index (χ1n) is 5.70. The molecule has 0 bridgehead atoms. The van der Waals surface area contributed by atoms with Crippen LogP contribution in [0.3, 0.4) is 0 Å². The fourth-order valence-electron chi connectivity index (χ4n) is 1.95. The lowest BCUT2D eigenvalue weighted by Gasteiger charge is -2.11. The standard InChI is InChI=1S/C16H17/c1-12-9-10-16(14(3)13(12)2)11-15-7-5-4-6-8-15/h4-7,9-10H,11H2,1-3H3. The minimum absolute atomic E-state index is 0.980. The van der Waals surface area contributed by atoms with Crippen LogP contribution in [0, 0.1) is 26.8 Å². The normalized spacial score (nSPS) is 10.4. The van der Waals surface area contributed by atoms with Crippen LogP contribution in [0.15, 0.2) is 36.4 Å². The maximum Gasteiger partial charge on any atom is -0.00169 e. The second-order valence-corrected chi connectivity index (χ2v) is 4.36. The Morgan fingerprint density at radius 2 is 1.75 bits per heavy atom. The molecule has 1 radical (unpaired) electrons. The molecule has 0 aliphatic rings. The summed E-state index contributed by atoms with van der Waals surface area (Å²) in [5, 5.41) is 0. The van der Waals surface area contributed by atoms with E-state index in [1.54, 1.807) is 0 Å². The zero-order valence-corrected chi connectivity index (χ0v) is 10.2. The Hall–Kier alpha value is -1.56. The smallest absolute Gasteiger partial charge is 0.00169 e. The fourth-order valence-corrected chi connectivity index (χ4v) is 1.95. The van der Waals surface area contributed by atoms with Gasteiger partial charge in [-0.25, -0.2) is 0 Å². The third-order valence-corrected chi connectivity index (χ3v) is 3.32. The summed E-state index contributed by atoms with van der Waals surface area (Å²) >= 11 is 0. The van der Waals surface area contributed by atoms with E-state index in [2.05, 4.69) is 51.1 Å². The molecule has 0 aliphatic heterocycles. The number of benzene rings is 2. The van der Waals surface area contributed by atoms with Gasteiger partial charge in [0.25, 0.3) is 0 Å². The molecular formula is C16H17. The SMILES string of the molecule is Cc1ccc(Cc2[c]cccc2)c(C)c1C. The number of rotatable bonds is 2. The predicted octanol–water partition coefficient (Wildman–Crippen LogP) is 4.00. The summed E-state index contributed by atoms with van der Waals surface area (Å²) < 4.78 is 0. The quantitative estimate of drug-likeness (QED) is 0.701. The molecule has 0 fully saturated rings. The highest BCUT2D eigenvalue weighted by molar-refractivity contribution is 5.40. The van der Waals surface area contributed by atoms with Crippen LogP contribution in [0.25, 0.3) is 0 Å². The average molecular weight is 209 g/mol. The van der Waals surface area contributed by atoms with Gasteiger partial charge in [0.05, 0.1) is 0 Å². The number of aryl methyl sites for hydroxylation is 1. The van der Waals surface area contributed by atoms with Gasteiger partial charge in [-0.05, 0) is 61.1 Å². The molecule has 0 heteroatoms. The molecule has 0 N–H and O–H groups in total. The summed E-state index contributed by atoms with van der Waals surface area (Å²) in [7, 11) is 0. The zero-order valence-electron chi connectivity index (χ0n) is 10.2. The highest BCUT2D eigenvalue weighted by Crippen LogP contribution is 2.19. The molecule has 0 nitrogen and oxygen atoms in total. The average Bonchev–Trinajstić information content (AvgIpc) is 2.31. The Balaban J connectivity index is 2.33. The molecule has 0 saturated heterocycles. The Morgan fingerprint density at radius 3 is 2.44 bits per heavy atom. The highest BCUT2D eigenvalue weighted by Gasteiger charge is 2.04. The Morgan fingerprint density at radius 1 is 0.938 bits per heavy atom. The first kappa shape index (κ1) is 10.9. The van der Waals surface area contributed by atoms with Crippen molar-refractivity contribution in [2.75, 3.05) is 0 Å². The van der Waals surface area contributed by atoms with E-state index in [0.717, 1.165) is 6.42 Å². The topological polar surface area (TPSA) is 0 Å². The van der Waals surface area contributed by atoms with Crippen LogP contribution in [-0.2, 0) is 6.42 Å². The molecule has 0 atom stereocenters. The Kier molecular flexibility index (Phi) is 3.09. The van der Waals surface area contributed by atoms with Crippen LogP contribution in [0.5, 0.6) is 0 Å². The van der Waals surface area contributed by atoms with Gasteiger partial charge < -0.3 is 0 Å². The molecular weight excluding hydrogens is 192 g/mol. The van der Waals surface area contributed by atoms with Crippen molar-refractivity contribution in [3.05, 3.63) is 70.3 Å². The molecule has 16 heavy (non-hydrogen) atoms. The summed E-state index contributed by atoms with van der Waals surface area (Å²) in [6.45, 7) is 6.57. The van der Waals surface area contributed by atoms with Crippen molar-refractivity contribution < 1.29 is 0 Å². The summed E-state index contributed by atoms with van der Waals surface area (Å²) in [4.78, 5) is 0. The van der Waals surface area contributed by atoms with Gasteiger partial charge in [0.15, 0.2) is 0 Å². The molecule has 0 saturated carbocycles. The van der Waals surface area contributed by atoms with Crippen LogP contribution < -0.4 is 0 Å². The van der Waals surface area contributed by atoms with Crippen molar-refractivity contribution >= 4 is 0 Å². The van der Waals surface area contributed by atoms with E-state index in [1.165, 1.54) is 27.8 Å². The fraction of sp³-hybridized carbons (Fsp3) is 0.250. The summed E-state index contributed by atoms with van der Waals surface area (Å²) in [6, 6.07) is 15.9. The lowest BCUT2D eigenvalue weighted by Crippen LogP contribution is -1.96. The van der Waals surface area contributed by atoms with Gasteiger partial charge in [-0.2, -0.15) is 0 Å². The predicted molar refractivity (Wildman–Crippen MR) is 68.7 cm³/mol. The molecule has 81 valence electrons. The van der Waals surface area contributed by atoms with Crippen LogP contribution in [-0.4, -0.2) is 0 Å².